The van der Waals surface area contributed by atoms with Crippen LogP contribution in [0.1, 0.15) is 50.2 Å². The molecule has 0 amide bonds. The van der Waals surface area contributed by atoms with Crippen LogP contribution in [0.25, 0.3) is 0 Å². The van der Waals surface area contributed by atoms with Crippen LogP contribution in [0.15, 0.2) is 18.2 Å². The van der Waals surface area contributed by atoms with E-state index in [2.05, 4.69) is 23.7 Å². The molecule has 0 saturated carbocycles. The highest BCUT2D eigenvalue weighted by Crippen LogP contribution is 2.20. The third-order valence-corrected chi connectivity index (χ3v) is 4.09. The van der Waals surface area contributed by atoms with Crippen molar-refractivity contribution >= 4 is 0 Å². The summed E-state index contributed by atoms with van der Waals surface area (Å²) < 4.78 is 14.2. The van der Waals surface area contributed by atoms with Crippen LogP contribution in [-0.2, 0) is 6.54 Å². The third kappa shape index (κ3) is 4.84. The van der Waals surface area contributed by atoms with Crippen molar-refractivity contribution in [2.45, 2.75) is 51.6 Å². The molecule has 0 aromatic heterocycles. The quantitative estimate of drug-likeness (QED) is 0.863. The molecule has 1 aromatic carbocycles. The molecule has 1 aliphatic rings. The van der Waals surface area contributed by atoms with Gasteiger partial charge in [-0.05, 0) is 38.4 Å². The number of benzene rings is 1. The van der Waals surface area contributed by atoms with E-state index in [1.54, 1.807) is 0 Å². The lowest BCUT2D eigenvalue weighted by Crippen LogP contribution is -2.32. The number of hydrogen-bond acceptors (Lipinski definition) is 2. The van der Waals surface area contributed by atoms with E-state index in [4.69, 9.17) is 5.11 Å². The van der Waals surface area contributed by atoms with Gasteiger partial charge < -0.3 is 5.11 Å². The lowest BCUT2D eigenvalue weighted by molar-refractivity contribution is 0.202. The molecule has 1 unspecified atom stereocenters. The third-order valence-electron chi connectivity index (χ3n) is 4.09. The van der Waals surface area contributed by atoms with E-state index >= 15 is 0 Å². The average Bonchev–Trinajstić information content (AvgIpc) is 2.67. The first-order valence-corrected chi connectivity index (χ1v) is 7.83. The molecule has 1 atom stereocenters. The van der Waals surface area contributed by atoms with Gasteiger partial charge in [-0.25, -0.2) is 4.39 Å². The van der Waals surface area contributed by atoms with E-state index in [-0.39, 0.29) is 12.4 Å². The SMILES string of the molecule is CC1CCCCCN1Cc1ccc(C#CCCO)cc1F. The summed E-state index contributed by atoms with van der Waals surface area (Å²) in [6.07, 6.45) is 5.39. The Labute approximate surface area is 127 Å². The van der Waals surface area contributed by atoms with Crippen molar-refractivity contribution in [2.24, 2.45) is 0 Å². The largest absolute Gasteiger partial charge is 0.395 e. The van der Waals surface area contributed by atoms with Gasteiger partial charge in [-0.3, -0.25) is 4.90 Å². The minimum absolute atomic E-state index is 0.0421. The molecule has 0 radical (unpaired) electrons. The fourth-order valence-electron chi connectivity index (χ4n) is 2.76. The smallest absolute Gasteiger partial charge is 0.128 e. The van der Waals surface area contributed by atoms with Crippen molar-refractivity contribution < 1.29 is 9.50 Å². The van der Waals surface area contributed by atoms with Crippen LogP contribution in [0.3, 0.4) is 0 Å². The van der Waals surface area contributed by atoms with Gasteiger partial charge in [-0.1, -0.05) is 30.7 Å². The van der Waals surface area contributed by atoms with Gasteiger partial charge in [0.05, 0.1) is 6.61 Å². The van der Waals surface area contributed by atoms with Crippen LogP contribution in [0, 0.1) is 17.7 Å². The zero-order chi connectivity index (χ0) is 15.1. The summed E-state index contributed by atoms with van der Waals surface area (Å²) in [5.74, 6) is 5.51. The lowest BCUT2D eigenvalue weighted by atomic mass is 10.1. The Hall–Kier alpha value is -1.37. The molecule has 1 N–H and O–H groups in total. The van der Waals surface area contributed by atoms with Gasteiger partial charge in [0.15, 0.2) is 0 Å². The number of hydrogen-bond donors (Lipinski definition) is 1. The van der Waals surface area contributed by atoms with E-state index in [1.807, 2.05) is 12.1 Å². The summed E-state index contributed by atoms with van der Waals surface area (Å²) >= 11 is 0. The van der Waals surface area contributed by atoms with E-state index in [0.29, 0.717) is 24.6 Å². The maximum absolute atomic E-state index is 14.2. The number of halogens is 1. The second-order valence-corrected chi connectivity index (χ2v) is 5.75. The number of rotatable bonds is 3. The molecule has 0 spiro atoms. The Morgan fingerprint density at radius 3 is 2.95 bits per heavy atom. The number of likely N-dealkylation sites (tertiary alicyclic amines) is 1. The van der Waals surface area contributed by atoms with Crippen LogP contribution < -0.4 is 0 Å². The summed E-state index contributed by atoms with van der Waals surface area (Å²) in [5.41, 5.74) is 1.42. The summed E-state index contributed by atoms with van der Waals surface area (Å²) in [6.45, 7) is 4.01. The van der Waals surface area contributed by atoms with Crippen molar-refractivity contribution in [2.75, 3.05) is 13.2 Å². The fourth-order valence-corrected chi connectivity index (χ4v) is 2.76. The van der Waals surface area contributed by atoms with Crippen LogP contribution in [0.5, 0.6) is 0 Å². The van der Waals surface area contributed by atoms with Gasteiger partial charge in [0.2, 0.25) is 0 Å². The molecule has 1 aliphatic heterocycles. The van der Waals surface area contributed by atoms with E-state index in [1.165, 1.54) is 31.7 Å². The normalized spacial score (nSPS) is 19.7. The van der Waals surface area contributed by atoms with Crippen molar-refractivity contribution in [1.82, 2.24) is 4.90 Å². The van der Waals surface area contributed by atoms with E-state index in [9.17, 15) is 4.39 Å². The van der Waals surface area contributed by atoms with Crippen molar-refractivity contribution in [3.8, 4) is 11.8 Å². The Balaban J connectivity index is 2.05. The van der Waals surface area contributed by atoms with Gasteiger partial charge in [-0.15, -0.1) is 0 Å². The monoisotopic (exact) mass is 289 g/mol. The summed E-state index contributed by atoms with van der Waals surface area (Å²) in [5, 5.41) is 8.69. The lowest BCUT2D eigenvalue weighted by Gasteiger charge is -2.27. The van der Waals surface area contributed by atoms with Crippen molar-refractivity contribution in [1.29, 1.82) is 0 Å². The molecule has 21 heavy (non-hydrogen) atoms. The van der Waals surface area contributed by atoms with Gasteiger partial charge in [0, 0.05) is 30.1 Å². The Morgan fingerprint density at radius 2 is 2.19 bits per heavy atom. The molecule has 2 nitrogen and oxygen atoms in total. The number of aliphatic hydroxyl groups is 1. The van der Waals surface area contributed by atoms with Crippen LogP contribution in [0.2, 0.25) is 0 Å². The summed E-state index contributed by atoms with van der Waals surface area (Å²) in [7, 11) is 0. The molecule has 2 rings (SSSR count). The van der Waals surface area contributed by atoms with Crippen molar-refractivity contribution in [3.63, 3.8) is 0 Å². The molecule has 1 fully saturated rings. The summed E-state index contributed by atoms with van der Waals surface area (Å²) in [4.78, 5) is 2.38. The van der Waals surface area contributed by atoms with Gasteiger partial charge in [0.25, 0.3) is 0 Å². The zero-order valence-electron chi connectivity index (χ0n) is 12.7. The molecular weight excluding hydrogens is 265 g/mol. The van der Waals surface area contributed by atoms with Crippen LogP contribution in [-0.4, -0.2) is 29.2 Å². The standard InChI is InChI=1S/C18H24FNO/c1-15-7-3-2-5-11-20(15)14-17-10-9-16(13-18(17)19)8-4-6-12-21/h9-10,13,15,21H,2-3,5-7,11-12,14H2,1H3. The summed E-state index contributed by atoms with van der Waals surface area (Å²) in [6, 6.07) is 5.74. The van der Waals surface area contributed by atoms with Gasteiger partial charge in [-0.2, -0.15) is 0 Å². The molecule has 114 valence electrons. The molecule has 1 heterocycles. The first-order valence-electron chi connectivity index (χ1n) is 7.83. The average molecular weight is 289 g/mol. The Kier molecular flexibility index (Phi) is 6.22. The first kappa shape index (κ1) is 16.0. The van der Waals surface area contributed by atoms with Crippen LogP contribution >= 0.6 is 0 Å². The van der Waals surface area contributed by atoms with Gasteiger partial charge in [0.1, 0.15) is 5.82 Å². The Bertz CT molecular complexity index is 518. The first-order chi connectivity index (χ1) is 10.2. The zero-order valence-corrected chi connectivity index (χ0v) is 12.7. The van der Waals surface area contributed by atoms with E-state index in [0.717, 1.165) is 12.1 Å². The molecule has 1 aromatic rings. The molecule has 3 heteroatoms. The number of aliphatic hydroxyl groups excluding tert-OH is 1. The molecule has 0 bridgehead atoms. The predicted molar refractivity (Wildman–Crippen MR) is 83.3 cm³/mol. The maximum Gasteiger partial charge on any atom is 0.128 e. The van der Waals surface area contributed by atoms with Crippen LogP contribution in [0.4, 0.5) is 4.39 Å². The minimum atomic E-state index is -0.178. The van der Waals surface area contributed by atoms with Gasteiger partial charge >= 0.3 is 0 Å². The topological polar surface area (TPSA) is 23.5 Å². The second kappa shape index (κ2) is 8.17. The maximum atomic E-state index is 14.2. The molecular formula is C18H24FNO. The highest BCUT2D eigenvalue weighted by Gasteiger charge is 2.18. The van der Waals surface area contributed by atoms with E-state index < -0.39 is 0 Å². The molecule has 0 aliphatic carbocycles. The minimum Gasteiger partial charge on any atom is -0.395 e. The van der Waals surface area contributed by atoms with Crippen molar-refractivity contribution in [3.05, 3.63) is 35.1 Å². The fraction of sp³-hybridized carbons (Fsp3) is 0.556. The number of nitrogens with zero attached hydrogens (tertiary/aromatic N) is 1. The Morgan fingerprint density at radius 1 is 1.33 bits per heavy atom. The highest BCUT2D eigenvalue weighted by atomic mass is 19.1. The highest BCUT2D eigenvalue weighted by molar-refractivity contribution is 5.37. The molecule has 1 saturated heterocycles. The second-order valence-electron chi connectivity index (χ2n) is 5.75. The predicted octanol–water partition coefficient (Wildman–Crippen LogP) is 3.32.